The van der Waals surface area contributed by atoms with Gasteiger partial charge in [0.1, 0.15) is 0 Å². The van der Waals surface area contributed by atoms with Gasteiger partial charge in [-0.25, -0.2) is 0 Å². The molecule has 0 saturated heterocycles. The smallest absolute Gasteiger partial charge is 1.00 e. The average molecular weight is 1020 g/mol. The number of benzene rings is 9. The summed E-state index contributed by atoms with van der Waals surface area (Å²) in [5.74, 6) is 0. The van der Waals surface area contributed by atoms with Crippen molar-refractivity contribution in [2.75, 3.05) is 0 Å². The molecule has 1 nitrogen and oxygen atoms in total. The first-order valence-corrected chi connectivity index (χ1v) is 23.4. The Bertz CT molecular complexity index is 1900. The number of halogens is 3. The summed E-state index contributed by atoms with van der Waals surface area (Å²) in [4.78, 5) is 7.50. The quantitative estimate of drug-likeness (QED) is 0.156. The van der Waals surface area contributed by atoms with Crippen LogP contribution in [-0.2, 0) is 24.3 Å². The molecule has 63 heavy (non-hydrogen) atoms. The van der Waals surface area contributed by atoms with Crippen LogP contribution in [0.3, 0.4) is 0 Å². The van der Waals surface area contributed by atoms with Gasteiger partial charge >= 0.3 is 19.5 Å². The maximum Gasteiger partial charge on any atom is 3.00 e. The van der Waals surface area contributed by atoms with Crippen molar-refractivity contribution < 1.29 is 61.5 Å². The van der Waals surface area contributed by atoms with Gasteiger partial charge in [0.25, 0.3) is 6.79 Å². The van der Waals surface area contributed by atoms with Gasteiger partial charge in [0.05, 0.1) is 0 Å². The fraction of sp³-hybridized carbons (Fsp3) is 0. The molecular formula is C55H45Cl3OP3Rh. The van der Waals surface area contributed by atoms with Crippen molar-refractivity contribution in [3.05, 3.63) is 273 Å². The minimum atomic E-state index is -0.446. The van der Waals surface area contributed by atoms with Crippen LogP contribution in [0.2, 0.25) is 0 Å². The number of hydrogen-bond acceptors (Lipinski definition) is 1. The van der Waals surface area contributed by atoms with Crippen LogP contribution in [0.25, 0.3) is 0 Å². The van der Waals surface area contributed by atoms with Crippen LogP contribution in [0.1, 0.15) is 0 Å². The summed E-state index contributed by atoms with van der Waals surface area (Å²) >= 11 is 0. The van der Waals surface area contributed by atoms with E-state index in [4.69, 9.17) is 4.79 Å². The molecule has 0 heterocycles. The minimum Gasteiger partial charge on any atom is -1.00 e. The SMILES string of the molecule is [C]=O.[Cl-].[Cl-].[Cl-].[Rh+3].c1ccc(P(c2ccccc2)c2ccccc2)cc1.c1ccc(P(c2ccccc2)c2ccccc2)cc1.c1ccc(P(c2ccccc2)c2ccccc2)cc1. The molecule has 0 aliphatic carbocycles. The third-order valence-electron chi connectivity index (χ3n) is 9.13. The maximum atomic E-state index is 7.50. The van der Waals surface area contributed by atoms with Crippen LogP contribution < -0.4 is 85.0 Å². The predicted molar refractivity (Wildman–Crippen MR) is 261 cm³/mol. The van der Waals surface area contributed by atoms with Crippen LogP contribution in [0.4, 0.5) is 0 Å². The molecular weight excluding hydrogens is 979 g/mol. The van der Waals surface area contributed by atoms with Gasteiger partial charge in [-0.15, -0.1) is 0 Å². The molecule has 0 unspecified atom stereocenters. The third kappa shape index (κ3) is 16.5. The number of carbonyl (C=O) groups excluding carboxylic acids is 1. The zero-order valence-corrected chi connectivity index (χ0v) is 40.8. The second-order valence-electron chi connectivity index (χ2n) is 13.0. The molecule has 0 spiro atoms. The van der Waals surface area contributed by atoms with Crippen LogP contribution in [-0.4, -0.2) is 6.79 Å². The van der Waals surface area contributed by atoms with E-state index in [1.165, 1.54) is 47.7 Å². The van der Waals surface area contributed by atoms with Crippen LogP contribution >= 0.6 is 23.8 Å². The molecule has 0 aromatic heterocycles. The van der Waals surface area contributed by atoms with Crippen molar-refractivity contribution in [1.82, 2.24) is 0 Å². The van der Waals surface area contributed by atoms with Gasteiger partial charge < -0.3 is 37.2 Å². The van der Waals surface area contributed by atoms with Crippen molar-refractivity contribution >= 4 is 78.3 Å². The second-order valence-corrected chi connectivity index (χ2v) is 19.7. The number of hydrogen-bond donors (Lipinski definition) is 0. The van der Waals surface area contributed by atoms with E-state index in [9.17, 15) is 0 Å². The fourth-order valence-corrected chi connectivity index (χ4v) is 13.5. The van der Waals surface area contributed by atoms with Crippen LogP contribution in [0.5, 0.6) is 0 Å². The molecule has 0 aliphatic heterocycles. The molecule has 9 aromatic rings. The summed E-state index contributed by atoms with van der Waals surface area (Å²) < 4.78 is 0. The summed E-state index contributed by atoms with van der Waals surface area (Å²) in [7, 11) is -1.34. The Morgan fingerprint density at radius 2 is 0.270 bits per heavy atom. The third-order valence-corrected chi connectivity index (χ3v) is 16.5. The normalized spacial score (nSPS) is 9.63. The molecule has 0 aliphatic rings. The van der Waals surface area contributed by atoms with E-state index in [-0.39, 0.29) is 56.7 Å². The summed E-state index contributed by atoms with van der Waals surface area (Å²) in [6.07, 6.45) is 0. The summed E-state index contributed by atoms with van der Waals surface area (Å²) in [5, 5.41) is 12.6. The van der Waals surface area contributed by atoms with Gasteiger partial charge in [-0.2, -0.15) is 0 Å². The van der Waals surface area contributed by atoms with E-state index in [1.807, 2.05) is 0 Å². The molecule has 0 fully saturated rings. The van der Waals surface area contributed by atoms with Gasteiger partial charge in [-0.1, -0.05) is 273 Å². The maximum absolute atomic E-state index is 7.50. The van der Waals surface area contributed by atoms with E-state index in [2.05, 4.69) is 280 Å². The first kappa shape index (κ1) is 54.6. The van der Waals surface area contributed by atoms with Crippen molar-refractivity contribution in [1.29, 1.82) is 0 Å². The van der Waals surface area contributed by atoms with Crippen LogP contribution in [0, 0.1) is 0 Å². The van der Waals surface area contributed by atoms with Crippen LogP contribution in [0.15, 0.2) is 273 Å². The van der Waals surface area contributed by atoms with E-state index < -0.39 is 23.8 Å². The molecule has 0 amide bonds. The second kappa shape index (κ2) is 31.3. The Kier molecular flexibility index (Phi) is 27.1. The van der Waals surface area contributed by atoms with E-state index in [0.29, 0.717) is 0 Å². The van der Waals surface area contributed by atoms with Gasteiger partial charge in [0, 0.05) is 0 Å². The summed E-state index contributed by atoms with van der Waals surface area (Å²) in [5.41, 5.74) is 0. The molecule has 0 bridgehead atoms. The number of rotatable bonds is 9. The van der Waals surface area contributed by atoms with Crippen molar-refractivity contribution in [2.24, 2.45) is 0 Å². The molecule has 8 heteroatoms. The van der Waals surface area contributed by atoms with Crippen molar-refractivity contribution in [3.63, 3.8) is 0 Å². The molecule has 0 N–H and O–H groups in total. The minimum absolute atomic E-state index is 0. The van der Waals surface area contributed by atoms with Gasteiger partial charge in [-0.05, 0) is 71.5 Å². The van der Waals surface area contributed by atoms with Gasteiger partial charge in [0.15, 0.2) is 0 Å². The monoisotopic (exact) mass is 1020 g/mol. The Morgan fingerprint density at radius 1 is 0.190 bits per heavy atom. The molecule has 316 valence electrons. The standard InChI is InChI=1S/3C18H15P.CO.3ClH.Rh/c3*1-4-10-16(11-5-1)19(17-12-6-2-7-13-17)18-14-8-3-9-15-18;1-2;;;;/h3*1-15H;;3*1H;/q;;;;;;;+3/p-3. The summed E-state index contributed by atoms with van der Waals surface area (Å²) in [6.45, 7) is 4.50. The van der Waals surface area contributed by atoms with E-state index >= 15 is 0 Å². The average Bonchev–Trinajstić information content (AvgIpc) is 3.34. The topological polar surface area (TPSA) is 17.1 Å². The molecule has 9 rings (SSSR count). The molecule has 2 radical (unpaired) electrons. The van der Waals surface area contributed by atoms with Crippen molar-refractivity contribution in [3.8, 4) is 0 Å². The Morgan fingerprint density at radius 3 is 0.349 bits per heavy atom. The fourth-order valence-electron chi connectivity index (χ4n) is 6.54. The van der Waals surface area contributed by atoms with E-state index in [0.717, 1.165) is 0 Å². The Labute approximate surface area is 409 Å². The van der Waals surface area contributed by atoms with Gasteiger partial charge in [0.2, 0.25) is 0 Å². The Balaban J connectivity index is 0.000000309. The first-order chi connectivity index (χ1) is 29.3. The predicted octanol–water partition coefficient (Wildman–Crippen LogP) is 0.947. The molecule has 9 aromatic carbocycles. The largest absolute Gasteiger partial charge is 3.00 e. The zero-order chi connectivity index (χ0) is 40.7. The van der Waals surface area contributed by atoms with Gasteiger partial charge in [-0.3, -0.25) is 4.79 Å². The van der Waals surface area contributed by atoms with Crippen molar-refractivity contribution in [2.45, 2.75) is 0 Å². The zero-order valence-electron chi connectivity index (χ0n) is 34.2. The first-order valence-electron chi connectivity index (χ1n) is 19.4. The Hall–Kier alpha value is -4.57. The summed E-state index contributed by atoms with van der Waals surface area (Å²) in [6, 6.07) is 97.0. The molecule has 0 saturated carbocycles. The van der Waals surface area contributed by atoms with E-state index in [1.54, 1.807) is 0 Å². The molecule has 0 atom stereocenters.